The van der Waals surface area contributed by atoms with Crippen LogP contribution >= 0.6 is 11.6 Å². The predicted molar refractivity (Wildman–Crippen MR) is 70.7 cm³/mol. The first-order chi connectivity index (χ1) is 9.40. The Kier molecular flexibility index (Phi) is 3.76. The zero-order valence-electron chi connectivity index (χ0n) is 11.0. The molecule has 108 valence electrons. The van der Waals surface area contributed by atoms with E-state index in [-0.39, 0.29) is 16.8 Å². The van der Waals surface area contributed by atoms with E-state index < -0.39 is 16.4 Å². The van der Waals surface area contributed by atoms with Gasteiger partial charge in [0.15, 0.2) is 0 Å². The highest BCUT2D eigenvalue weighted by atomic mass is 35.5. The Morgan fingerprint density at radius 1 is 1.65 bits per heavy atom. The van der Waals surface area contributed by atoms with Crippen LogP contribution in [0.5, 0.6) is 0 Å². The van der Waals surface area contributed by atoms with E-state index in [9.17, 15) is 14.9 Å². The summed E-state index contributed by atoms with van der Waals surface area (Å²) in [5, 5.41) is 11.0. The molecule has 0 radical (unpaired) electrons. The van der Waals surface area contributed by atoms with Crippen molar-refractivity contribution in [3.8, 4) is 0 Å². The number of rotatable bonds is 3. The lowest BCUT2D eigenvalue weighted by Crippen LogP contribution is -2.49. The predicted octanol–water partition coefficient (Wildman–Crippen LogP) is 1.57. The van der Waals surface area contributed by atoms with Crippen LogP contribution in [0.25, 0.3) is 0 Å². The Hall–Kier alpha value is -1.96. The van der Waals surface area contributed by atoms with Crippen molar-refractivity contribution < 1.29 is 14.5 Å². The molecule has 0 spiro atoms. The number of hydrogen-bond donors (Lipinski definition) is 0. The van der Waals surface area contributed by atoms with Crippen LogP contribution in [0.4, 0.5) is 11.5 Å². The lowest BCUT2D eigenvalue weighted by Gasteiger charge is -2.32. The SMILES string of the molecule is COC(=O)C1(C)CCCN1c1nc(Cl)ncc1[N+](=O)[O-]. The molecule has 0 bridgehead atoms. The van der Waals surface area contributed by atoms with Gasteiger partial charge in [-0.25, -0.2) is 9.78 Å². The number of nitro groups is 1. The van der Waals surface area contributed by atoms with E-state index >= 15 is 0 Å². The van der Waals surface area contributed by atoms with Gasteiger partial charge in [-0.3, -0.25) is 10.1 Å². The lowest BCUT2D eigenvalue weighted by atomic mass is 9.99. The first-order valence-electron chi connectivity index (χ1n) is 5.93. The number of esters is 1. The Bertz CT molecular complexity index is 567. The molecule has 20 heavy (non-hydrogen) atoms. The summed E-state index contributed by atoms with van der Waals surface area (Å²) >= 11 is 5.72. The Morgan fingerprint density at radius 2 is 2.35 bits per heavy atom. The van der Waals surface area contributed by atoms with Crippen LogP contribution in [-0.2, 0) is 9.53 Å². The van der Waals surface area contributed by atoms with Crippen molar-refractivity contribution in [1.82, 2.24) is 9.97 Å². The van der Waals surface area contributed by atoms with E-state index in [1.165, 1.54) is 7.11 Å². The Balaban J connectivity index is 2.52. The highest BCUT2D eigenvalue weighted by Crippen LogP contribution is 2.38. The summed E-state index contributed by atoms with van der Waals surface area (Å²) in [4.78, 5) is 31.6. The van der Waals surface area contributed by atoms with E-state index in [1.54, 1.807) is 11.8 Å². The van der Waals surface area contributed by atoms with Gasteiger partial charge in [-0.05, 0) is 31.4 Å². The van der Waals surface area contributed by atoms with Gasteiger partial charge in [-0.2, -0.15) is 4.98 Å². The average Bonchev–Trinajstić information content (AvgIpc) is 2.80. The largest absolute Gasteiger partial charge is 0.467 e. The lowest BCUT2D eigenvalue weighted by molar-refractivity contribution is -0.384. The quantitative estimate of drug-likeness (QED) is 0.361. The molecule has 9 heteroatoms. The third kappa shape index (κ3) is 2.26. The van der Waals surface area contributed by atoms with Gasteiger partial charge in [0, 0.05) is 6.54 Å². The number of ether oxygens (including phenoxy) is 1. The minimum Gasteiger partial charge on any atom is -0.467 e. The van der Waals surface area contributed by atoms with Gasteiger partial charge in [0.05, 0.1) is 12.0 Å². The Labute approximate surface area is 119 Å². The second kappa shape index (κ2) is 5.20. The fraction of sp³-hybridized carbons (Fsp3) is 0.545. The summed E-state index contributed by atoms with van der Waals surface area (Å²) in [5.74, 6) is -0.417. The molecule has 1 aromatic rings. The minimum absolute atomic E-state index is 0.0420. The van der Waals surface area contributed by atoms with Crippen molar-refractivity contribution in [3.05, 3.63) is 21.6 Å². The molecule has 1 atom stereocenters. The average molecular weight is 301 g/mol. The molecule has 1 fully saturated rings. The van der Waals surface area contributed by atoms with E-state index in [2.05, 4.69) is 9.97 Å². The van der Waals surface area contributed by atoms with Gasteiger partial charge in [-0.1, -0.05) is 0 Å². The van der Waals surface area contributed by atoms with Gasteiger partial charge >= 0.3 is 11.7 Å². The summed E-state index contributed by atoms with van der Waals surface area (Å²) < 4.78 is 4.79. The van der Waals surface area contributed by atoms with Crippen LogP contribution in [0.2, 0.25) is 5.28 Å². The van der Waals surface area contributed by atoms with Crippen LogP contribution in [0.15, 0.2) is 6.20 Å². The summed E-state index contributed by atoms with van der Waals surface area (Å²) in [6.07, 6.45) is 2.27. The van der Waals surface area contributed by atoms with Crippen molar-refractivity contribution in [2.45, 2.75) is 25.3 Å². The topological polar surface area (TPSA) is 98.5 Å². The fourth-order valence-electron chi connectivity index (χ4n) is 2.41. The molecule has 8 nitrogen and oxygen atoms in total. The standard InChI is InChI=1S/C11H13ClN4O4/c1-11(9(17)20-2)4-3-5-15(11)8-7(16(18)19)6-13-10(12)14-8/h6H,3-5H2,1-2H3. The third-order valence-electron chi connectivity index (χ3n) is 3.44. The molecular weight excluding hydrogens is 288 g/mol. The molecule has 1 aromatic heterocycles. The van der Waals surface area contributed by atoms with Gasteiger partial charge in [0.1, 0.15) is 11.7 Å². The molecule has 1 aliphatic rings. The van der Waals surface area contributed by atoms with Crippen LogP contribution in [-0.4, -0.2) is 40.1 Å². The van der Waals surface area contributed by atoms with Crippen LogP contribution in [0.3, 0.4) is 0 Å². The number of hydrogen-bond acceptors (Lipinski definition) is 7. The van der Waals surface area contributed by atoms with Gasteiger partial charge < -0.3 is 9.64 Å². The highest BCUT2D eigenvalue weighted by molar-refractivity contribution is 6.28. The molecule has 0 saturated carbocycles. The summed E-state index contributed by atoms with van der Waals surface area (Å²) in [5.41, 5.74) is -1.27. The molecule has 1 aliphatic heterocycles. The fourth-order valence-corrected chi connectivity index (χ4v) is 2.54. The number of halogens is 1. The number of nitrogens with zero attached hydrogens (tertiary/aromatic N) is 4. The van der Waals surface area contributed by atoms with Gasteiger partial charge in [0.2, 0.25) is 11.1 Å². The van der Waals surface area contributed by atoms with E-state index in [1.807, 2.05) is 0 Å². The second-order valence-electron chi connectivity index (χ2n) is 4.63. The molecule has 0 N–H and O–H groups in total. The first-order valence-corrected chi connectivity index (χ1v) is 6.31. The Morgan fingerprint density at radius 3 is 2.95 bits per heavy atom. The zero-order valence-corrected chi connectivity index (χ0v) is 11.8. The normalized spacial score (nSPS) is 21.9. The van der Waals surface area contributed by atoms with Crippen molar-refractivity contribution in [3.63, 3.8) is 0 Å². The van der Waals surface area contributed by atoms with E-state index in [4.69, 9.17) is 16.3 Å². The molecule has 1 unspecified atom stereocenters. The van der Waals surface area contributed by atoms with Crippen molar-refractivity contribution in [1.29, 1.82) is 0 Å². The molecular formula is C11H13ClN4O4. The van der Waals surface area contributed by atoms with Crippen molar-refractivity contribution in [2.75, 3.05) is 18.6 Å². The second-order valence-corrected chi connectivity index (χ2v) is 4.96. The smallest absolute Gasteiger partial charge is 0.331 e. The maximum atomic E-state index is 12.0. The summed E-state index contributed by atoms with van der Waals surface area (Å²) in [6, 6.07) is 0. The van der Waals surface area contributed by atoms with Crippen molar-refractivity contribution in [2.24, 2.45) is 0 Å². The highest BCUT2D eigenvalue weighted by Gasteiger charge is 2.47. The molecule has 0 amide bonds. The maximum absolute atomic E-state index is 12.0. The van der Waals surface area contributed by atoms with Crippen LogP contribution in [0, 0.1) is 10.1 Å². The van der Waals surface area contributed by atoms with Crippen LogP contribution in [0.1, 0.15) is 19.8 Å². The molecule has 2 heterocycles. The first kappa shape index (κ1) is 14.4. The molecule has 2 rings (SSSR count). The molecule has 1 saturated heterocycles. The third-order valence-corrected chi connectivity index (χ3v) is 3.62. The monoisotopic (exact) mass is 300 g/mol. The maximum Gasteiger partial charge on any atom is 0.331 e. The van der Waals surface area contributed by atoms with Crippen LogP contribution < -0.4 is 4.90 Å². The van der Waals surface area contributed by atoms with Gasteiger partial charge in [0.25, 0.3) is 0 Å². The number of carbonyl (C=O) groups is 1. The van der Waals surface area contributed by atoms with Gasteiger partial charge in [-0.15, -0.1) is 0 Å². The van der Waals surface area contributed by atoms with E-state index in [0.717, 1.165) is 6.20 Å². The summed E-state index contributed by atoms with van der Waals surface area (Å²) in [6.45, 7) is 2.13. The minimum atomic E-state index is -0.989. The number of carbonyl (C=O) groups excluding carboxylic acids is 1. The number of methoxy groups -OCH3 is 1. The molecule has 0 aliphatic carbocycles. The summed E-state index contributed by atoms with van der Waals surface area (Å²) in [7, 11) is 1.28. The van der Waals surface area contributed by atoms with E-state index in [0.29, 0.717) is 19.4 Å². The molecule has 0 aromatic carbocycles. The van der Waals surface area contributed by atoms with Crippen molar-refractivity contribution >= 4 is 29.1 Å². The zero-order chi connectivity index (χ0) is 14.9. The number of aromatic nitrogens is 2. The number of anilines is 1.